The van der Waals surface area contributed by atoms with Crippen molar-refractivity contribution < 1.29 is 20.9 Å². The van der Waals surface area contributed by atoms with Crippen LogP contribution < -0.4 is 0 Å². The summed E-state index contributed by atoms with van der Waals surface area (Å²) in [5.41, 5.74) is 1.82. The van der Waals surface area contributed by atoms with Gasteiger partial charge in [0.2, 0.25) is 0 Å². The van der Waals surface area contributed by atoms with Crippen LogP contribution in [0.1, 0.15) is 16.4 Å². The first-order valence-electron chi connectivity index (χ1n) is 21.7. The van der Waals surface area contributed by atoms with E-state index in [1.165, 1.54) is 16.7 Å². The Bertz CT molecular complexity index is 3430. The highest BCUT2D eigenvalue weighted by Crippen LogP contribution is 2.42. The maximum Gasteiger partial charge on any atom is 0.164 e. The first-order chi connectivity index (χ1) is 29.7. The number of hydrogen-bond acceptors (Lipinski definition) is 4. The molecule has 50 heavy (non-hydrogen) atoms. The van der Waals surface area contributed by atoms with E-state index in [0.717, 1.165) is 6.07 Å². The van der Waals surface area contributed by atoms with E-state index >= 15 is 0 Å². The lowest BCUT2D eigenvalue weighted by Crippen LogP contribution is -2.02. The summed E-state index contributed by atoms with van der Waals surface area (Å²) in [7, 11) is 0. The smallest absolute Gasteiger partial charge is 0.164 e. The molecule has 5 heteroatoms. The summed E-state index contributed by atoms with van der Waals surface area (Å²) < 4.78 is 115. The minimum Gasteiger partial charge on any atom is -0.455 e. The zero-order valence-corrected chi connectivity index (χ0v) is 25.9. The molecule has 0 spiro atoms. The quantitative estimate of drug-likeness (QED) is 0.186. The number of aromatic nitrogens is 4. The van der Waals surface area contributed by atoms with Gasteiger partial charge >= 0.3 is 0 Å². The maximum absolute atomic E-state index is 9.47. The van der Waals surface area contributed by atoms with E-state index in [0.29, 0.717) is 28.3 Å². The molecule has 0 fully saturated rings. The SMILES string of the molecule is [2H]c1cc([2H])c2oc3c(-c4cc(-c5nc(-c6ccccc6)nc(-c6ccccc6)n5)ccc4-n4c5c([2H])cc([2H])c([2H])c5c5c([2H])c([2H])cc([2H])c54)c([2H])c([2H])c([2H])c3c2c1[2H]. The van der Waals surface area contributed by atoms with E-state index in [4.69, 9.17) is 34.4 Å². The number of rotatable bonds is 5. The summed E-state index contributed by atoms with van der Waals surface area (Å²) in [5.74, 6) is 0.910. The number of furan rings is 1. The molecule has 0 saturated heterocycles. The topological polar surface area (TPSA) is 56.7 Å². The van der Waals surface area contributed by atoms with Gasteiger partial charge in [0, 0.05) is 49.4 Å². The molecule has 0 atom stereocenters. The first-order valence-corrected chi connectivity index (χ1v) is 15.7. The maximum atomic E-state index is 9.47. The van der Waals surface area contributed by atoms with Crippen molar-refractivity contribution in [2.24, 2.45) is 0 Å². The van der Waals surface area contributed by atoms with Gasteiger partial charge in [-0.25, -0.2) is 15.0 Å². The van der Waals surface area contributed by atoms with Crippen molar-refractivity contribution >= 4 is 43.7 Å². The second-order valence-corrected chi connectivity index (χ2v) is 11.5. The molecule has 5 nitrogen and oxygen atoms in total. The van der Waals surface area contributed by atoms with Crippen LogP contribution >= 0.6 is 0 Å². The van der Waals surface area contributed by atoms with Crippen LogP contribution in [0.3, 0.4) is 0 Å². The predicted molar refractivity (Wildman–Crippen MR) is 203 cm³/mol. The van der Waals surface area contributed by atoms with Gasteiger partial charge in [-0.1, -0.05) is 133 Å². The molecule has 0 amide bonds. The molecule has 0 N–H and O–H groups in total. The fourth-order valence-corrected chi connectivity index (χ4v) is 6.32. The van der Waals surface area contributed by atoms with E-state index < -0.39 is 18.1 Å². The third kappa shape index (κ3) is 4.52. The van der Waals surface area contributed by atoms with Crippen LogP contribution in [0.25, 0.3) is 94.7 Å². The molecule has 234 valence electrons. The summed E-state index contributed by atoms with van der Waals surface area (Å²) in [5, 5.41) is -0.112. The summed E-state index contributed by atoms with van der Waals surface area (Å²) >= 11 is 0. The van der Waals surface area contributed by atoms with Crippen molar-refractivity contribution in [1.29, 1.82) is 0 Å². The molecule has 0 aliphatic carbocycles. The van der Waals surface area contributed by atoms with Crippen molar-refractivity contribution in [2.45, 2.75) is 0 Å². The van der Waals surface area contributed by atoms with Gasteiger partial charge < -0.3 is 8.98 Å². The largest absolute Gasteiger partial charge is 0.455 e. The molecule has 3 aromatic heterocycles. The Balaban J connectivity index is 1.39. The summed E-state index contributed by atoms with van der Waals surface area (Å²) in [6.07, 6.45) is 0. The minimum atomic E-state index is -0.546. The van der Waals surface area contributed by atoms with Gasteiger partial charge in [-0.05, 0) is 36.3 Å². The molecule has 3 heterocycles. The summed E-state index contributed by atoms with van der Waals surface area (Å²) in [6, 6.07) is 23.0. The van der Waals surface area contributed by atoms with Crippen LogP contribution in [0, 0.1) is 0 Å². The van der Waals surface area contributed by atoms with E-state index in [-0.39, 0.29) is 121 Å². The molecule has 10 rings (SSSR count). The lowest BCUT2D eigenvalue weighted by Gasteiger charge is -2.16. The van der Waals surface area contributed by atoms with Crippen LogP contribution in [0.2, 0.25) is 0 Å². The Hall–Kier alpha value is -6.85. The van der Waals surface area contributed by atoms with E-state index in [1.54, 1.807) is 18.2 Å². The molecule has 0 aliphatic heterocycles. The van der Waals surface area contributed by atoms with Crippen molar-refractivity contribution in [3.63, 3.8) is 0 Å². The summed E-state index contributed by atoms with van der Waals surface area (Å²) in [6.45, 7) is 0. The van der Waals surface area contributed by atoms with Crippen LogP contribution in [-0.4, -0.2) is 19.5 Å². The number of para-hydroxylation sites is 4. The average molecular weight is 653 g/mol. The van der Waals surface area contributed by atoms with E-state index in [2.05, 4.69) is 0 Å². The van der Waals surface area contributed by atoms with Crippen LogP contribution in [-0.2, 0) is 0 Å². The average Bonchev–Trinajstić information content (AvgIpc) is 3.86. The monoisotopic (exact) mass is 652 g/mol. The normalized spacial score (nSPS) is 15.0. The van der Waals surface area contributed by atoms with Gasteiger partial charge in [0.15, 0.2) is 17.5 Å². The molecule has 0 unspecified atom stereocenters. The fourth-order valence-electron chi connectivity index (χ4n) is 6.32. The van der Waals surface area contributed by atoms with E-state index in [1.807, 2.05) is 60.7 Å². The number of fused-ring (bicyclic) bond motifs is 6. The summed E-state index contributed by atoms with van der Waals surface area (Å²) in [4.78, 5) is 14.6. The van der Waals surface area contributed by atoms with Crippen LogP contribution in [0.15, 0.2) is 174 Å². The number of benzene rings is 7. The second-order valence-electron chi connectivity index (χ2n) is 11.5. The highest BCUT2D eigenvalue weighted by Gasteiger charge is 2.21. The fraction of sp³-hybridized carbons (Fsp3) is 0. The van der Waals surface area contributed by atoms with Gasteiger partial charge in [0.1, 0.15) is 11.2 Å². The molecule has 0 aliphatic rings. The van der Waals surface area contributed by atoms with Crippen molar-refractivity contribution in [3.8, 4) is 51.0 Å². The minimum absolute atomic E-state index is 0.000869. The van der Waals surface area contributed by atoms with Gasteiger partial charge in [0.25, 0.3) is 0 Å². The molecule has 0 saturated carbocycles. The third-order valence-corrected chi connectivity index (χ3v) is 8.57. The second kappa shape index (κ2) is 11.4. The van der Waals surface area contributed by atoms with Crippen LogP contribution in [0.4, 0.5) is 0 Å². The Morgan fingerprint density at radius 1 is 0.460 bits per heavy atom. The molecular weight excluding hydrogens is 613 g/mol. The van der Waals surface area contributed by atoms with E-state index in [9.17, 15) is 1.37 Å². The van der Waals surface area contributed by atoms with Gasteiger partial charge in [0.05, 0.1) is 33.2 Å². The van der Waals surface area contributed by atoms with Crippen molar-refractivity contribution in [3.05, 3.63) is 170 Å². The zero-order valence-electron chi connectivity index (χ0n) is 37.9. The molecular formula is C45H28N4O. The van der Waals surface area contributed by atoms with Crippen molar-refractivity contribution in [1.82, 2.24) is 19.5 Å². The Morgan fingerprint density at radius 3 is 1.66 bits per heavy atom. The zero-order chi connectivity index (χ0) is 43.5. The van der Waals surface area contributed by atoms with Gasteiger partial charge in [-0.3, -0.25) is 0 Å². The number of nitrogens with zero attached hydrogens (tertiary/aromatic N) is 4. The lowest BCUT2D eigenvalue weighted by molar-refractivity contribution is 0.670. The van der Waals surface area contributed by atoms with Gasteiger partial charge in [-0.15, -0.1) is 0 Å². The Kier molecular flexibility index (Phi) is 4.24. The lowest BCUT2D eigenvalue weighted by atomic mass is 9.98. The van der Waals surface area contributed by atoms with Gasteiger partial charge in [-0.2, -0.15) is 0 Å². The first kappa shape index (κ1) is 18.6. The molecule has 7 aromatic carbocycles. The Labute approximate surface area is 304 Å². The molecule has 0 bridgehead atoms. The van der Waals surface area contributed by atoms with Crippen molar-refractivity contribution in [2.75, 3.05) is 0 Å². The highest BCUT2D eigenvalue weighted by molar-refractivity contribution is 6.12. The predicted octanol–water partition coefficient (Wildman–Crippen LogP) is 11.5. The Morgan fingerprint density at radius 2 is 1.02 bits per heavy atom. The van der Waals surface area contributed by atoms with Crippen LogP contribution in [0.5, 0.6) is 0 Å². The number of hydrogen-bond donors (Lipinski definition) is 0. The molecule has 10 aromatic rings. The molecule has 0 radical (unpaired) electrons. The third-order valence-electron chi connectivity index (χ3n) is 8.57. The highest BCUT2D eigenvalue weighted by atomic mass is 16.3. The standard InChI is InChI=1S/C45H28N4O/c1-3-14-29(15-4-1)43-46-44(30-16-5-2-6-17-30)48-45(47-43)31-26-27-40(49-38-23-10-7-18-32(38)33-19-8-11-24-39(33)49)37(28-31)36-22-13-21-35-34-20-9-12-25-41(34)50-42(35)36/h1-28H/i7D,8D,9D,13D,18D,19D,20D,21D,22D,23D,24D,25D.